The highest BCUT2D eigenvalue weighted by atomic mass is 35.5. The van der Waals surface area contributed by atoms with E-state index in [1.54, 1.807) is 24.4 Å². The lowest BCUT2D eigenvalue weighted by Crippen LogP contribution is -2.39. The molecule has 1 aliphatic heterocycles. The second-order valence-electron chi connectivity index (χ2n) is 9.36. The molecular formula is C26H25ClFN5O3S. The van der Waals surface area contributed by atoms with Gasteiger partial charge in [-0.05, 0) is 37.8 Å². The fourth-order valence-electron chi connectivity index (χ4n) is 5.16. The third-order valence-electron chi connectivity index (χ3n) is 6.86. The number of pyridine rings is 1. The lowest BCUT2D eigenvalue weighted by atomic mass is 9.90. The average molecular weight is 542 g/mol. The zero-order valence-corrected chi connectivity index (χ0v) is 21.5. The molecule has 1 aromatic carbocycles. The van der Waals surface area contributed by atoms with Crippen LogP contribution in [0.15, 0.2) is 42.7 Å². The van der Waals surface area contributed by atoms with E-state index in [4.69, 9.17) is 26.1 Å². The molecule has 4 aromatic rings. The first-order valence-electron chi connectivity index (χ1n) is 12.3. The van der Waals surface area contributed by atoms with E-state index in [2.05, 4.69) is 19.9 Å². The summed E-state index contributed by atoms with van der Waals surface area (Å²) < 4.78 is 29.0. The molecule has 11 heteroatoms. The average Bonchev–Trinajstić information content (AvgIpc) is 3.64. The van der Waals surface area contributed by atoms with Crippen LogP contribution in [-0.4, -0.2) is 50.8 Å². The Morgan fingerprint density at radius 2 is 2.11 bits per heavy atom. The number of carbonyl (C=O) groups is 1. The van der Waals surface area contributed by atoms with Gasteiger partial charge in [-0.25, -0.2) is 19.3 Å². The quantitative estimate of drug-likeness (QED) is 0.350. The summed E-state index contributed by atoms with van der Waals surface area (Å²) in [5.41, 5.74) is 1.91. The fraction of sp³-hybridized carbons (Fsp3) is 0.385. The Labute approximate surface area is 221 Å². The Morgan fingerprint density at radius 1 is 1.22 bits per heavy atom. The number of nitrogens with zero attached hydrogens (tertiary/aromatic N) is 4. The minimum atomic E-state index is -0.340. The number of thiazole rings is 1. The lowest BCUT2D eigenvalue weighted by Gasteiger charge is -2.32. The predicted octanol–water partition coefficient (Wildman–Crippen LogP) is 5.43. The molecule has 2 aliphatic rings. The summed E-state index contributed by atoms with van der Waals surface area (Å²) in [5, 5.41) is 3.45. The van der Waals surface area contributed by atoms with Crippen LogP contribution in [0.1, 0.15) is 47.9 Å². The van der Waals surface area contributed by atoms with Gasteiger partial charge >= 0.3 is 0 Å². The lowest BCUT2D eigenvalue weighted by molar-refractivity contribution is 0.0920. The van der Waals surface area contributed by atoms with Gasteiger partial charge < -0.3 is 19.4 Å². The molecule has 3 aromatic heterocycles. The van der Waals surface area contributed by atoms with Gasteiger partial charge in [0.1, 0.15) is 27.6 Å². The van der Waals surface area contributed by atoms with E-state index in [1.807, 2.05) is 6.07 Å². The molecule has 1 aliphatic carbocycles. The Kier molecular flexibility index (Phi) is 6.79. The van der Waals surface area contributed by atoms with Crippen LogP contribution in [-0.2, 0) is 4.74 Å². The molecule has 0 radical (unpaired) electrons. The molecular weight excluding hydrogens is 517 g/mol. The Morgan fingerprint density at radius 3 is 2.89 bits per heavy atom. The molecule has 37 heavy (non-hydrogen) atoms. The summed E-state index contributed by atoms with van der Waals surface area (Å²) in [7, 11) is 0. The van der Waals surface area contributed by atoms with Crippen molar-refractivity contribution in [1.82, 2.24) is 24.8 Å². The maximum Gasteiger partial charge on any atom is 0.280 e. The van der Waals surface area contributed by atoms with Gasteiger partial charge in [-0.1, -0.05) is 35.1 Å². The molecule has 0 bridgehead atoms. The summed E-state index contributed by atoms with van der Waals surface area (Å²) >= 11 is 7.12. The van der Waals surface area contributed by atoms with Crippen molar-refractivity contribution in [3.8, 4) is 17.3 Å². The molecule has 1 N–H and O–H groups in total. The number of aromatic nitrogens is 4. The molecule has 3 atom stereocenters. The maximum atomic E-state index is 15.0. The van der Waals surface area contributed by atoms with E-state index < -0.39 is 0 Å². The van der Waals surface area contributed by atoms with Gasteiger partial charge in [0.25, 0.3) is 5.91 Å². The van der Waals surface area contributed by atoms with Crippen molar-refractivity contribution in [2.24, 2.45) is 0 Å². The van der Waals surface area contributed by atoms with Gasteiger partial charge in [-0.15, -0.1) is 0 Å². The van der Waals surface area contributed by atoms with Crippen LogP contribution in [0.5, 0.6) is 5.88 Å². The molecule has 2 fully saturated rings. The maximum absolute atomic E-state index is 15.0. The monoisotopic (exact) mass is 541 g/mol. The van der Waals surface area contributed by atoms with E-state index in [0.717, 1.165) is 42.5 Å². The van der Waals surface area contributed by atoms with Gasteiger partial charge in [-0.3, -0.25) is 4.79 Å². The van der Waals surface area contributed by atoms with E-state index in [9.17, 15) is 9.18 Å². The summed E-state index contributed by atoms with van der Waals surface area (Å²) in [6.45, 7) is 1.21. The van der Waals surface area contributed by atoms with Crippen LogP contribution in [0.4, 0.5) is 4.39 Å². The van der Waals surface area contributed by atoms with Crippen molar-refractivity contribution in [3.05, 3.63) is 57.9 Å². The number of carbonyl (C=O) groups excluding carboxylic acids is 1. The number of imidazole rings is 1. The highest BCUT2D eigenvalue weighted by Crippen LogP contribution is 2.37. The molecule has 1 saturated heterocycles. The van der Waals surface area contributed by atoms with Crippen molar-refractivity contribution >= 4 is 39.9 Å². The van der Waals surface area contributed by atoms with Crippen LogP contribution in [0, 0.1) is 5.82 Å². The Hall–Kier alpha value is -3.08. The first kappa shape index (κ1) is 24.3. The first-order valence-corrected chi connectivity index (χ1v) is 13.5. The molecule has 1 amide bonds. The molecule has 0 unspecified atom stereocenters. The zero-order chi connectivity index (χ0) is 25.4. The summed E-state index contributed by atoms with van der Waals surface area (Å²) in [5.74, 6) is 0.462. The third-order valence-corrected chi connectivity index (χ3v) is 7.97. The smallest absolute Gasteiger partial charge is 0.280 e. The molecule has 192 valence electrons. The highest BCUT2D eigenvalue weighted by molar-refractivity contribution is 7.17. The molecule has 1 saturated carbocycles. The second-order valence-corrected chi connectivity index (χ2v) is 11.0. The molecule has 6 rings (SSSR count). The van der Waals surface area contributed by atoms with E-state index in [-0.39, 0.29) is 29.9 Å². The van der Waals surface area contributed by atoms with Crippen LogP contribution >= 0.6 is 22.9 Å². The van der Waals surface area contributed by atoms with Crippen molar-refractivity contribution in [1.29, 1.82) is 0 Å². The van der Waals surface area contributed by atoms with Crippen LogP contribution in [0.2, 0.25) is 4.34 Å². The molecule has 4 heterocycles. The second kappa shape index (κ2) is 10.4. The number of hydrogen-bond donors (Lipinski definition) is 1. The number of rotatable bonds is 6. The SMILES string of the molecule is O=C(N[C@H]1CCC[C@@H](n2c(-c3ccccc3F)nc3cnc(O[C@H]4CCOC4)cc32)C1)c1ncc(Cl)s1. The van der Waals surface area contributed by atoms with Gasteiger partial charge in [0.15, 0.2) is 5.01 Å². The Bertz CT molecular complexity index is 1440. The van der Waals surface area contributed by atoms with Gasteiger partial charge in [0.2, 0.25) is 5.88 Å². The number of fused-ring (bicyclic) bond motifs is 1. The Balaban J connectivity index is 1.35. The van der Waals surface area contributed by atoms with Gasteiger partial charge in [0.05, 0.1) is 36.7 Å². The number of amides is 1. The van der Waals surface area contributed by atoms with Crippen molar-refractivity contribution in [2.45, 2.75) is 50.3 Å². The van der Waals surface area contributed by atoms with Crippen molar-refractivity contribution < 1.29 is 18.7 Å². The largest absolute Gasteiger partial charge is 0.472 e. The zero-order valence-electron chi connectivity index (χ0n) is 19.9. The minimum absolute atomic E-state index is 0.0106. The van der Waals surface area contributed by atoms with Crippen LogP contribution < -0.4 is 10.1 Å². The fourth-order valence-corrected chi connectivity index (χ4v) is 5.97. The van der Waals surface area contributed by atoms with Crippen LogP contribution in [0.25, 0.3) is 22.4 Å². The van der Waals surface area contributed by atoms with E-state index in [1.165, 1.54) is 12.3 Å². The summed E-state index contributed by atoms with van der Waals surface area (Å²) in [6, 6.07) is 8.46. The first-order chi connectivity index (χ1) is 18.0. The topological polar surface area (TPSA) is 91.2 Å². The van der Waals surface area contributed by atoms with Crippen LogP contribution in [0.3, 0.4) is 0 Å². The molecule has 8 nitrogen and oxygen atoms in total. The number of benzene rings is 1. The van der Waals surface area contributed by atoms with Crippen molar-refractivity contribution in [3.63, 3.8) is 0 Å². The number of halogens is 2. The number of nitrogens with one attached hydrogen (secondary N) is 1. The summed E-state index contributed by atoms with van der Waals surface area (Å²) in [4.78, 5) is 26.1. The highest BCUT2D eigenvalue weighted by Gasteiger charge is 2.30. The van der Waals surface area contributed by atoms with Crippen molar-refractivity contribution in [2.75, 3.05) is 13.2 Å². The van der Waals surface area contributed by atoms with E-state index >= 15 is 0 Å². The van der Waals surface area contributed by atoms with E-state index in [0.29, 0.717) is 51.8 Å². The summed E-state index contributed by atoms with van der Waals surface area (Å²) in [6.07, 6.45) is 7.22. The normalized spacial score (nSPS) is 21.8. The third kappa shape index (κ3) is 5.05. The standard InChI is InChI=1S/C26H25ClFN5O3S/c27-22-13-30-26(37-22)25(34)31-15-4-3-5-16(10-15)33-21-11-23(36-17-8-9-35-14-17)29-12-20(21)32-24(33)18-6-1-2-7-19(18)28/h1-2,6-7,11-13,15-17H,3-5,8-10,14H2,(H,31,34)/t15-,16+,17-/m0/s1. The number of hydrogen-bond acceptors (Lipinski definition) is 7. The number of ether oxygens (including phenoxy) is 2. The van der Waals surface area contributed by atoms with Gasteiger partial charge in [0, 0.05) is 24.6 Å². The predicted molar refractivity (Wildman–Crippen MR) is 139 cm³/mol. The van der Waals surface area contributed by atoms with Gasteiger partial charge in [-0.2, -0.15) is 0 Å². The minimum Gasteiger partial charge on any atom is -0.472 e. The molecule has 0 spiro atoms.